The van der Waals surface area contributed by atoms with Crippen molar-refractivity contribution in [2.45, 2.75) is 0 Å². The highest BCUT2D eigenvalue weighted by Gasteiger charge is 2.17. The Labute approximate surface area is 104 Å². The maximum atomic E-state index is 11.8. The Kier molecular flexibility index (Phi) is 5.12. The normalized spacial score (nSPS) is 10.1. The van der Waals surface area contributed by atoms with Crippen LogP contribution in [-0.4, -0.2) is 58.6 Å². The first-order valence-electron chi connectivity index (χ1n) is 5.29. The number of nitrogens with zero attached hydrogens (tertiary/aromatic N) is 3. The van der Waals surface area contributed by atoms with E-state index in [2.05, 4.69) is 10.4 Å². The fraction of sp³-hybridized carbons (Fsp3) is 0.500. The molecule has 1 rings (SSSR count). The molecule has 0 atom stereocenters. The van der Waals surface area contributed by atoms with Crippen molar-refractivity contribution in [3.63, 3.8) is 0 Å². The summed E-state index contributed by atoms with van der Waals surface area (Å²) < 4.78 is 6.36. The SMILES string of the molecule is COCCN(CC(=O)O)C(=O)Nc1ccn(C)n1. The summed E-state index contributed by atoms with van der Waals surface area (Å²) in [5, 5.41) is 15.2. The molecule has 2 amide bonds. The van der Waals surface area contributed by atoms with E-state index in [1.807, 2.05) is 0 Å². The van der Waals surface area contributed by atoms with Gasteiger partial charge in [-0.15, -0.1) is 0 Å². The zero-order valence-electron chi connectivity index (χ0n) is 10.3. The topological polar surface area (TPSA) is 96.7 Å². The third-order valence-electron chi connectivity index (χ3n) is 2.13. The van der Waals surface area contributed by atoms with E-state index in [4.69, 9.17) is 9.84 Å². The van der Waals surface area contributed by atoms with Gasteiger partial charge in [-0.1, -0.05) is 0 Å². The highest BCUT2D eigenvalue weighted by Crippen LogP contribution is 2.03. The maximum Gasteiger partial charge on any atom is 0.323 e. The van der Waals surface area contributed by atoms with Crippen LogP contribution in [0.3, 0.4) is 0 Å². The van der Waals surface area contributed by atoms with Crippen molar-refractivity contribution in [2.75, 3.05) is 32.1 Å². The van der Waals surface area contributed by atoms with Gasteiger partial charge >= 0.3 is 12.0 Å². The van der Waals surface area contributed by atoms with Gasteiger partial charge in [0.2, 0.25) is 0 Å². The van der Waals surface area contributed by atoms with E-state index in [-0.39, 0.29) is 19.7 Å². The van der Waals surface area contributed by atoms with E-state index in [0.717, 1.165) is 4.90 Å². The lowest BCUT2D eigenvalue weighted by atomic mass is 10.5. The zero-order valence-corrected chi connectivity index (χ0v) is 10.3. The number of rotatable bonds is 6. The molecule has 1 aromatic heterocycles. The lowest BCUT2D eigenvalue weighted by Gasteiger charge is -2.19. The Morgan fingerprint density at radius 1 is 1.61 bits per heavy atom. The number of carboxylic acids is 1. The summed E-state index contributed by atoms with van der Waals surface area (Å²) in [6, 6.07) is 1.10. The number of ether oxygens (including phenoxy) is 1. The van der Waals surface area contributed by atoms with Crippen LogP contribution < -0.4 is 5.32 Å². The molecule has 0 spiro atoms. The van der Waals surface area contributed by atoms with E-state index in [1.165, 1.54) is 11.8 Å². The van der Waals surface area contributed by atoms with E-state index in [1.54, 1.807) is 19.3 Å². The first-order valence-corrected chi connectivity index (χ1v) is 5.29. The van der Waals surface area contributed by atoms with Gasteiger partial charge in [0.05, 0.1) is 6.61 Å². The largest absolute Gasteiger partial charge is 0.480 e. The van der Waals surface area contributed by atoms with Crippen molar-refractivity contribution >= 4 is 17.8 Å². The van der Waals surface area contributed by atoms with Crippen molar-refractivity contribution in [3.05, 3.63) is 12.3 Å². The first kappa shape index (κ1) is 14.0. The highest BCUT2D eigenvalue weighted by molar-refractivity contribution is 5.90. The Morgan fingerprint density at radius 2 is 2.33 bits per heavy atom. The second-order valence-corrected chi connectivity index (χ2v) is 3.61. The average molecular weight is 256 g/mol. The highest BCUT2D eigenvalue weighted by atomic mass is 16.5. The zero-order chi connectivity index (χ0) is 13.5. The minimum atomic E-state index is -1.08. The Morgan fingerprint density at radius 3 is 2.83 bits per heavy atom. The smallest absolute Gasteiger partial charge is 0.323 e. The maximum absolute atomic E-state index is 11.8. The molecule has 0 unspecified atom stereocenters. The number of urea groups is 1. The van der Waals surface area contributed by atoms with Crippen LogP contribution in [0.15, 0.2) is 12.3 Å². The number of carboxylic acid groups (broad SMARTS) is 1. The number of nitrogens with one attached hydrogen (secondary N) is 1. The molecule has 8 heteroatoms. The minimum absolute atomic E-state index is 0.196. The fourth-order valence-electron chi connectivity index (χ4n) is 1.29. The summed E-state index contributed by atoms with van der Waals surface area (Å²) in [6.07, 6.45) is 1.67. The number of anilines is 1. The molecule has 0 aliphatic heterocycles. The number of amides is 2. The number of hydrogen-bond donors (Lipinski definition) is 2. The average Bonchev–Trinajstić information content (AvgIpc) is 2.69. The number of aryl methyl sites for hydroxylation is 1. The third-order valence-corrected chi connectivity index (χ3v) is 2.13. The van der Waals surface area contributed by atoms with E-state index >= 15 is 0 Å². The van der Waals surface area contributed by atoms with E-state index in [9.17, 15) is 9.59 Å². The second-order valence-electron chi connectivity index (χ2n) is 3.61. The van der Waals surface area contributed by atoms with Crippen molar-refractivity contribution in [1.29, 1.82) is 0 Å². The molecule has 0 aliphatic carbocycles. The molecule has 0 radical (unpaired) electrons. The summed E-state index contributed by atoms with van der Waals surface area (Å²) in [4.78, 5) is 23.6. The summed E-state index contributed by atoms with van der Waals surface area (Å²) >= 11 is 0. The molecule has 1 heterocycles. The van der Waals surface area contributed by atoms with E-state index < -0.39 is 12.0 Å². The standard InChI is InChI=1S/C10H16N4O4/c1-13-4-3-8(12-13)11-10(17)14(5-6-18-2)7-9(15)16/h3-4H,5-7H2,1-2H3,(H,15,16)(H,11,12,17). The van der Waals surface area contributed by atoms with Gasteiger partial charge < -0.3 is 14.7 Å². The Bertz CT molecular complexity index is 418. The number of methoxy groups -OCH3 is 1. The van der Waals surface area contributed by atoms with Crippen LogP contribution in [0.1, 0.15) is 0 Å². The summed E-state index contributed by atoms with van der Waals surface area (Å²) in [6.45, 7) is 0.0758. The number of carbonyl (C=O) groups is 2. The van der Waals surface area contributed by atoms with E-state index in [0.29, 0.717) is 5.82 Å². The Balaban J connectivity index is 2.60. The van der Waals surface area contributed by atoms with Crippen LogP contribution in [0.25, 0.3) is 0 Å². The molecule has 0 fully saturated rings. The van der Waals surface area contributed by atoms with Gasteiger partial charge in [0.15, 0.2) is 5.82 Å². The molecule has 2 N–H and O–H groups in total. The van der Waals surface area contributed by atoms with Crippen LogP contribution in [0, 0.1) is 0 Å². The van der Waals surface area contributed by atoms with Gasteiger partial charge in [0.1, 0.15) is 6.54 Å². The molecule has 0 saturated heterocycles. The quantitative estimate of drug-likeness (QED) is 0.746. The third kappa shape index (κ3) is 4.42. The van der Waals surface area contributed by atoms with Crippen molar-refractivity contribution < 1.29 is 19.4 Å². The molecule has 0 aliphatic rings. The van der Waals surface area contributed by atoms with Crippen LogP contribution in [0.5, 0.6) is 0 Å². The van der Waals surface area contributed by atoms with Gasteiger partial charge in [0.25, 0.3) is 0 Å². The predicted octanol–water partition coefficient (Wildman–Crippen LogP) is -0.0150. The summed E-state index contributed by atoms with van der Waals surface area (Å²) in [7, 11) is 3.20. The summed E-state index contributed by atoms with van der Waals surface area (Å²) in [5.74, 6) is -0.711. The lowest BCUT2D eigenvalue weighted by Crippen LogP contribution is -2.40. The van der Waals surface area contributed by atoms with Crippen LogP contribution >= 0.6 is 0 Å². The molecule has 0 saturated carbocycles. The van der Waals surface area contributed by atoms with Gasteiger partial charge in [0, 0.05) is 33.0 Å². The van der Waals surface area contributed by atoms with Gasteiger partial charge in [-0.25, -0.2) is 4.79 Å². The van der Waals surface area contributed by atoms with Gasteiger partial charge in [-0.05, 0) is 0 Å². The fourth-order valence-corrected chi connectivity index (χ4v) is 1.29. The van der Waals surface area contributed by atoms with Gasteiger partial charge in [-0.3, -0.25) is 14.8 Å². The minimum Gasteiger partial charge on any atom is -0.480 e. The van der Waals surface area contributed by atoms with Crippen LogP contribution in [0.2, 0.25) is 0 Å². The Hall–Kier alpha value is -2.09. The van der Waals surface area contributed by atoms with Crippen molar-refractivity contribution in [3.8, 4) is 0 Å². The number of hydrogen-bond acceptors (Lipinski definition) is 4. The molecule has 100 valence electrons. The van der Waals surface area contributed by atoms with Gasteiger partial charge in [-0.2, -0.15) is 5.10 Å². The first-order chi connectivity index (χ1) is 8.52. The monoisotopic (exact) mass is 256 g/mol. The molecule has 1 aromatic rings. The molecular formula is C10H16N4O4. The second kappa shape index (κ2) is 6.60. The molecule has 8 nitrogen and oxygen atoms in total. The number of carbonyl (C=O) groups excluding carboxylic acids is 1. The summed E-state index contributed by atoms with van der Waals surface area (Å²) in [5.41, 5.74) is 0. The molecule has 0 bridgehead atoms. The number of aliphatic carboxylic acids is 1. The molecule has 0 aromatic carbocycles. The molecular weight excluding hydrogens is 240 g/mol. The predicted molar refractivity (Wildman–Crippen MR) is 63.3 cm³/mol. The molecule has 18 heavy (non-hydrogen) atoms. The lowest BCUT2D eigenvalue weighted by molar-refractivity contribution is -0.137. The van der Waals surface area contributed by atoms with Crippen molar-refractivity contribution in [2.24, 2.45) is 7.05 Å². The van der Waals surface area contributed by atoms with Crippen LogP contribution in [-0.2, 0) is 16.6 Å². The van der Waals surface area contributed by atoms with Crippen molar-refractivity contribution in [1.82, 2.24) is 14.7 Å². The number of aromatic nitrogens is 2. The van der Waals surface area contributed by atoms with Crippen LogP contribution in [0.4, 0.5) is 10.6 Å².